The zero-order chi connectivity index (χ0) is 14.1. The van der Waals surface area contributed by atoms with Crippen LogP contribution in [0.2, 0.25) is 0 Å². The Morgan fingerprint density at radius 1 is 1.35 bits per heavy atom. The van der Waals surface area contributed by atoms with Crippen LogP contribution in [0.5, 0.6) is 0 Å². The Balaban J connectivity index is 2.29. The first-order chi connectivity index (χ1) is 9.76. The Hall–Kier alpha value is -1.72. The third-order valence-corrected chi connectivity index (χ3v) is 4.40. The number of terminal acetylenes is 1. The number of fused-ring (bicyclic) bond motifs is 1. The SMILES string of the molecule is C#Cc1c(C2CCCC2)n(COC)c2cc(C)ccc12. The molecule has 0 amide bonds. The Labute approximate surface area is 120 Å². The zero-order valence-corrected chi connectivity index (χ0v) is 12.3. The van der Waals surface area contributed by atoms with Gasteiger partial charge in [0.15, 0.2) is 0 Å². The van der Waals surface area contributed by atoms with Crippen molar-refractivity contribution in [1.82, 2.24) is 4.57 Å². The minimum absolute atomic E-state index is 0.577. The van der Waals surface area contributed by atoms with Gasteiger partial charge in [-0.05, 0) is 31.4 Å². The van der Waals surface area contributed by atoms with Crippen LogP contribution < -0.4 is 0 Å². The fourth-order valence-electron chi connectivity index (χ4n) is 3.52. The summed E-state index contributed by atoms with van der Waals surface area (Å²) in [6.07, 6.45) is 10.9. The summed E-state index contributed by atoms with van der Waals surface area (Å²) in [7, 11) is 1.75. The largest absolute Gasteiger partial charge is 0.364 e. The molecule has 104 valence electrons. The quantitative estimate of drug-likeness (QED) is 0.760. The molecule has 0 unspecified atom stereocenters. The van der Waals surface area contributed by atoms with Gasteiger partial charge >= 0.3 is 0 Å². The number of ether oxygens (including phenoxy) is 1. The number of hydrogen-bond acceptors (Lipinski definition) is 1. The predicted molar refractivity (Wildman–Crippen MR) is 82.8 cm³/mol. The van der Waals surface area contributed by atoms with E-state index in [9.17, 15) is 0 Å². The van der Waals surface area contributed by atoms with Gasteiger partial charge in [0.1, 0.15) is 6.73 Å². The molecule has 0 atom stereocenters. The maximum atomic E-state index is 5.83. The first kappa shape index (κ1) is 13.3. The van der Waals surface area contributed by atoms with Crippen LogP contribution in [-0.2, 0) is 11.5 Å². The first-order valence-corrected chi connectivity index (χ1v) is 7.34. The molecule has 2 aromatic rings. The van der Waals surface area contributed by atoms with Gasteiger partial charge in [0.05, 0.1) is 11.1 Å². The van der Waals surface area contributed by atoms with Crippen molar-refractivity contribution in [3.8, 4) is 12.3 Å². The highest BCUT2D eigenvalue weighted by atomic mass is 16.5. The van der Waals surface area contributed by atoms with Gasteiger partial charge in [-0.25, -0.2) is 0 Å². The van der Waals surface area contributed by atoms with Gasteiger partial charge in [0.25, 0.3) is 0 Å². The third kappa shape index (κ3) is 2.03. The molecule has 1 aromatic carbocycles. The van der Waals surface area contributed by atoms with Crippen LogP contribution in [0.15, 0.2) is 18.2 Å². The van der Waals surface area contributed by atoms with Gasteiger partial charge in [-0.2, -0.15) is 0 Å². The highest BCUT2D eigenvalue weighted by Crippen LogP contribution is 2.40. The van der Waals surface area contributed by atoms with Crippen LogP contribution in [-0.4, -0.2) is 11.7 Å². The molecule has 0 radical (unpaired) electrons. The van der Waals surface area contributed by atoms with Crippen LogP contribution in [0.1, 0.15) is 48.4 Å². The first-order valence-electron chi connectivity index (χ1n) is 7.34. The average Bonchev–Trinajstić information content (AvgIpc) is 3.05. The minimum Gasteiger partial charge on any atom is -0.364 e. The number of aromatic nitrogens is 1. The van der Waals surface area contributed by atoms with Crippen molar-refractivity contribution in [3.05, 3.63) is 35.0 Å². The van der Waals surface area contributed by atoms with Gasteiger partial charge in [-0.15, -0.1) is 6.42 Å². The molecule has 0 N–H and O–H groups in total. The number of hydrogen-bond donors (Lipinski definition) is 0. The lowest BCUT2D eigenvalue weighted by atomic mass is 9.99. The fourth-order valence-corrected chi connectivity index (χ4v) is 3.52. The van der Waals surface area contributed by atoms with Crippen molar-refractivity contribution in [2.45, 2.75) is 45.3 Å². The van der Waals surface area contributed by atoms with Gasteiger partial charge in [-0.3, -0.25) is 0 Å². The van der Waals surface area contributed by atoms with Crippen molar-refractivity contribution in [3.63, 3.8) is 0 Å². The number of rotatable bonds is 3. The molecule has 0 spiro atoms. The van der Waals surface area contributed by atoms with E-state index in [4.69, 9.17) is 11.2 Å². The van der Waals surface area contributed by atoms with Crippen LogP contribution >= 0.6 is 0 Å². The van der Waals surface area contributed by atoms with E-state index in [-0.39, 0.29) is 0 Å². The van der Waals surface area contributed by atoms with E-state index in [0.29, 0.717) is 12.6 Å². The fraction of sp³-hybridized carbons (Fsp3) is 0.444. The average molecular weight is 267 g/mol. The van der Waals surface area contributed by atoms with Crippen molar-refractivity contribution < 1.29 is 4.74 Å². The van der Waals surface area contributed by atoms with Gasteiger partial charge in [0, 0.05) is 24.1 Å². The van der Waals surface area contributed by atoms with Crippen molar-refractivity contribution >= 4 is 10.9 Å². The van der Waals surface area contributed by atoms with Crippen LogP contribution in [0.25, 0.3) is 10.9 Å². The molecule has 0 aliphatic heterocycles. The second kappa shape index (κ2) is 5.34. The molecule has 3 rings (SSSR count). The van der Waals surface area contributed by atoms with Crippen molar-refractivity contribution in [2.75, 3.05) is 7.11 Å². The second-order valence-electron chi connectivity index (χ2n) is 5.75. The van der Waals surface area contributed by atoms with E-state index >= 15 is 0 Å². The molecule has 0 saturated heterocycles. The molecule has 2 heteroatoms. The molecule has 1 aromatic heterocycles. The lowest BCUT2D eigenvalue weighted by Crippen LogP contribution is -2.08. The molecule has 1 aliphatic rings. The number of methoxy groups -OCH3 is 1. The highest BCUT2D eigenvalue weighted by molar-refractivity contribution is 5.89. The summed E-state index contributed by atoms with van der Waals surface area (Å²) in [5.41, 5.74) is 4.85. The lowest BCUT2D eigenvalue weighted by molar-refractivity contribution is 0.131. The van der Waals surface area contributed by atoms with Crippen molar-refractivity contribution in [2.24, 2.45) is 0 Å². The maximum Gasteiger partial charge on any atom is 0.122 e. The summed E-state index contributed by atoms with van der Waals surface area (Å²) in [5, 5.41) is 1.19. The number of aryl methyl sites for hydroxylation is 1. The zero-order valence-electron chi connectivity index (χ0n) is 12.3. The Morgan fingerprint density at radius 2 is 2.10 bits per heavy atom. The van der Waals surface area contributed by atoms with E-state index in [2.05, 4.69) is 35.6 Å². The minimum atomic E-state index is 0.577. The standard InChI is InChI=1S/C18H21NO/c1-4-15-16-10-9-13(2)11-17(16)19(12-20-3)18(15)14-7-5-6-8-14/h1,9-11,14H,5-8,12H2,2-3H3. The summed E-state index contributed by atoms with van der Waals surface area (Å²) in [4.78, 5) is 0. The summed E-state index contributed by atoms with van der Waals surface area (Å²) in [6, 6.07) is 6.51. The molecular weight excluding hydrogens is 246 g/mol. The normalized spacial score (nSPS) is 15.8. The van der Waals surface area contributed by atoms with Gasteiger partial charge in [0.2, 0.25) is 0 Å². The van der Waals surface area contributed by atoms with E-state index in [1.807, 2.05) is 0 Å². The lowest BCUT2D eigenvalue weighted by Gasteiger charge is -2.15. The predicted octanol–water partition coefficient (Wildman–Crippen LogP) is 4.19. The third-order valence-electron chi connectivity index (χ3n) is 4.40. The van der Waals surface area contributed by atoms with Gasteiger partial charge < -0.3 is 9.30 Å². The van der Waals surface area contributed by atoms with E-state index in [0.717, 1.165) is 5.56 Å². The molecule has 20 heavy (non-hydrogen) atoms. The molecule has 1 heterocycles. The summed E-state index contributed by atoms with van der Waals surface area (Å²) < 4.78 is 7.71. The van der Waals surface area contributed by atoms with E-state index in [1.165, 1.54) is 47.8 Å². The Bertz CT molecular complexity index is 669. The topological polar surface area (TPSA) is 14.2 Å². The number of benzene rings is 1. The van der Waals surface area contributed by atoms with Crippen molar-refractivity contribution in [1.29, 1.82) is 0 Å². The second-order valence-corrected chi connectivity index (χ2v) is 5.75. The highest BCUT2D eigenvalue weighted by Gasteiger charge is 2.26. The molecule has 0 bridgehead atoms. The van der Waals surface area contributed by atoms with Gasteiger partial charge in [-0.1, -0.05) is 30.9 Å². The monoisotopic (exact) mass is 267 g/mol. The maximum absolute atomic E-state index is 5.83. The smallest absolute Gasteiger partial charge is 0.122 e. The molecule has 1 aliphatic carbocycles. The summed E-state index contributed by atoms with van der Waals surface area (Å²) >= 11 is 0. The van der Waals surface area contributed by atoms with E-state index in [1.54, 1.807) is 7.11 Å². The number of nitrogens with zero attached hydrogens (tertiary/aromatic N) is 1. The Kier molecular flexibility index (Phi) is 3.54. The van der Waals surface area contributed by atoms with Crippen LogP contribution in [0.3, 0.4) is 0 Å². The summed E-state index contributed by atoms with van der Waals surface area (Å²) in [5.74, 6) is 3.52. The molecular formula is C18H21NO. The molecule has 2 nitrogen and oxygen atoms in total. The summed E-state index contributed by atoms with van der Waals surface area (Å²) in [6.45, 7) is 2.70. The Morgan fingerprint density at radius 3 is 2.75 bits per heavy atom. The molecule has 1 fully saturated rings. The molecule has 1 saturated carbocycles. The van der Waals surface area contributed by atoms with E-state index < -0.39 is 0 Å². The van der Waals surface area contributed by atoms with Crippen LogP contribution in [0, 0.1) is 19.3 Å². The van der Waals surface area contributed by atoms with Crippen LogP contribution in [0.4, 0.5) is 0 Å².